The lowest BCUT2D eigenvalue weighted by Gasteiger charge is -2.08. The Bertz CT molecular complexity index is 630. The average Bonchev–Trinajstić information content (AvgIpc) is 2.98. The molecule has 0 aliphatic carbocycles. The zero-order chi connectivity index (χ0) is 13.9. The van der Waals surface area contributed by atoms with E-state index in [-0.39, 0.29) is 6.54 Å². The number of rotatable bonds is 6. The molecule has 0 fully saturated rings. The number of nitrogens with two attached hydrogens (primary N) is 1. The van der Waals surface area contributed by atoms with Crippen molar-refractivity contribution in [1.29, 1.82) is 0 Å². The van der Waals surface area contributed by atoms with Gasteiger partial charge in [-0.3, -0.25) is 0 Å². The molecule has 0 aliphatic heterocycles. The molecule has 2 aromatic rings. The molecule has 0 unspecified atom stereocenters. The van der Waals surface area contributed by atoms with Crippen molar-refractivity contribution in [1.82, 2.24) is 4.72 Å². The Labute approximate surface area is 121 Å². The highest BCUT2D eigenvalue weighted by Crippen LogP contribution is 2.26. The molecule has 0 aliphatic rings. The van der Waals surface area contributed by atoms with Crippen molar-refractivity contribution < 1.29 is 8.42 Å². The SMILES string of the molecule is Cc1csc(CN)c1S(=O)(=O)NCCc1cccs1. The molecule has 0 saturated heterocycles. The maximum absolute atomic E-state index is 12.3. The average molecular weight is 316 g/mol. The van der Waals surface area contributed by atoms with Gasteiger partial charge < -0.3 is 5.73 Å². The molecule has 0 radical (unpaired) electrons. The molecular weight excluding hydrogens is 300 g/mol. The molecular formula is C12H16N2O2S3. The summed E-state index contributed by atoms with van der Waals surface area (Å²) >= 11 is 3.02. The highest BCUT2D eigenvalue weighted by atomic mass is 32.2. The Morgan fingerprint density at radius 3 is 2.79 bits per heavy atom. The van der Waals surface area contributed by atoms with E-state index in [0.29, 0.717) is 22.7 Å². The van der Waals surface area contributed by atoms with Gasteiger partial charge in [0.2, 0.25) is 10.0 Å². The van der Waals surface area contributed by atoms with Gasteiger partial charge in [-0.2, -0.15) is 0 Å². The van der Waals surface area contributed by atoms with Crippen molar-refractivity contribution in [3.8, 4) is 0 Å². The van der Waals surface area contributed by atoms with Gasteiger partial charge in [0.15, 0.2) is 0 Å². The number of aryl methyl sites for hydroxylation is 1. The second-order valence-corrected chi connectivity index (χ2v) is 7.80. The topological polar surface area (TPSA) is 72.2 Å². The van der Waals surface area contributed by atoms with Crippen LogP contribution in [0, 0.1) is 6.92 Å². The van der Waals surface area contributed by atoms with Gasteiger partial charge in [-0.1, -0.05) is 6.07 Å². The number of nitrogens with one attached hydrogen (secondary N) is 1. The van der Waals surface area contributed by atoms with Crippen LogP contribution in [0.1, 0.15) is 15.3 Å². The van der Waals surface area contributed by atoms with Crippen LogP contribution in [0.2, 0.25) is 0 Å². The summed E-state index contributed by atoms with van der Waals surface area (Å²) in [6.07, 6.45) is 0.706. The zero-order valence-corrected chi connectivity index (χ0v) is 13.0. The summed E-state index contributed by atoms with van der Waals surface area (Å²) in [5, 5.41) is 3.81. The highest BCUT2D eigenvalue weighted by Gasteiger charge is 2.21. The van der Waals surface area contributed by atoms with Crippen LogP contribution >= 0.6 is 22.7 Å². The van der Waals surface area contributed by atoms with Crippen LogP contribution in [0.4, 0.5) is 0 Å². The molecule has 2 aromatic heterocycles. The lowest BCUT2D eigenvalue weighted by molar-refractivity contribution is 0.580. The van der Waals surface area contributed by atoms with Gasteiger partial charge >= 0.3 is 0 Å². The summed E-state index contributed by atoms with van der Waals surface area (Å²) in [6, 6.07) is 3.96. The minimum absolute atomic E-state index is 0.250. The van der Waals surface area contributed by atoms with E-state index in [2.05, 4.69) is 4.72 Å². The molecule has 2 rings (SSSR count). The third-order valence-corrected chi connectivity index (χ3v) is 6.57. The van der Waals surface area contributed by atoms with E-state index in [4.69, 9.17) is 5.73 Å². The van der Waals surface area contributed by atoms with Crippen molar-refractivity contribution in [3.05, 3.63) is 38.2 Å². The summed E-state index contributed by atoms with van der Waals surface area (Å²) in [4.78, 5) is 2.23. The minimum atomic E-state index is -3.46. The monoisotopic (exact) mass is 316 g/mol. The van der Waals surface area contributed by atoms with E-state index in [1.54, 1.807) is 18.3 Å². The predicted molar refractivity (Wildman–Crippen MR) is 80.2 cm³/mol. The van der Waals surface area contributed by atoms with Crippen LogP contribution in [-0.4, -0.2) is 15.0 Å². The van der Waals surface area contributed by atoms with E-state index < -0.39 is 10.0 Å². The van der Waals surface area contributed by atoms with Crippen molar-refractivity contribution in [3.63, 3.8) is 0 Å². The summed E-state index contributed by atoms with van der Waals surface area (Å²) in [5.41, 5.74) is 6.34. The Kier molecular flexibility index (Phi) is 4.75. The van der Waals surface area contributed by atoms with E-state index >= 15 is 0 Å². The fraction of sp³-hybridized carbons (Fsp3) is 0.333. The van der Waals surface area contributed by atoms with Gasteiger partial charge in [0, 0.05) is 22.8 Å². The standard InChI is InChI=1S/C12H16N2O2S3/c1-9-8-18-11(7-13)12(9)19(15,16)14-5-4-10-3-2-6-17-10/h2-3,6,8,14H,4-5,7,13H2,1H3. The zero-order valence-electron chi connectivity index (χ0n) is 10.5. The lowest BCUT2D eigenvalue weighted by Crippen LogP contribution is -2.27. The summed E-state index contributed by atoms with van der Waals surface area (Å²) < 4.78 is 27.2. The van der Waals surface area contributed by atoms with E-state index in [9.17, 15) is 8.42 Å². The van der Waals surface area contributed by atoms with Crippen molar-refractivity contribution in [2.24, 2.45) is 5.73 Å². The van der Waals surface area contributed by atoms with Crippen molar-refractivity contribution >= 4 is 32.7 Å². The molecule has 0 bridgehead atoms. The fourth-order valence-electron chi connectivity index (χ4n) is 1.82. The molecule has 7 heteroatoms. The first-order valence-electron chi connectivity index (χ1n) is 5.83. The lowest BCUT2D eigenvalue weighted by atomic mass is 10.3. The Hall–Kier alpha value is -0.730. The minimum Gasteiger partial charge on any atom is -0.326 e. The van der Waals surface area contributed by atoms with Gasteiger partial charge in [-0.15, -0.1) is 22.7 Å². The number of hydrogen-bond acceptors (Lipinski definition) is 5. The van der Waals surface area contributed by atoms with Crippen LogP contribution in [0.5, 0.6) is 0 Å². The Morgan fingerprint density at radius 1 is 1.37 bits per heavy atom. The molecule has 0 amide bonds. The van der Waals surface area contributed by atoms with Crippen molar-refractivity contribution in [2.75, 3.05) is 6.54 Å². The quantitative estimate of drug-likeness (QED) is 0.857. The summed E-state index contributed by atoms with van der Waals surface area (Å²) in [6.45, 7) is 2.45. The Morgan fingerprint density at radius 2 is 2.16 bits per heavy atom. The van der Waals surface area contributed by atoms with Crippen LogP contribution in [0.15, 0.2) is 27.8 Å². The van der Waals surface area contributed by atoms with Gasteiger partial charge in [0.05, 0.1) is 0 Å². The second-order valence-electron chi connectivity index (χ2n) is 4.10. The largest absolute Gasteiger partial charge is 0.326 e. The molecule has 0 aromatic carbocycles. The van der Waals surface area contributed by atoms with Crippen LogP contribution in [0.25, 0.3) is 0 Å². The van der Waals surface area contributed by atoms with Gasteiger partial charge in [0.25, 0.3) is 0 Å². The third kappa shape index (κ3) is 3.43. The van der Waals surface area contributed by atoms with E-state index in [0.717, 1.165) is 5.56 Å². The second kappa shape index (κ2) is 6.15. The van der Waals surface area contributed by atoms with Crippen LogP contribution < -0.4 is 10.5 Å². The normalized spacial score (nSPS) is 11.9. The van der Waals surface area contributed by atoms with Gasteiger partial charge in [0.1, 0.15) is 4.90 Å². The fourth-order valence-corrected chi connectivity index (χ4v) is 5.26. The van der Waals surface area contributed by atoms with E-state index in [1.165, 1.54) is 16.2 Å². The maximum atomic E-state index is 12.3. The number of hydrogen-bond donors (Lipinski definition) is 2. The van der Waals surface area contributed by atoms with Crippen LogP contribution in [-0.2, 0) is 23.0 Å². The van der Waals surface area contributed by atoms with Gasteiger partial charge in [-0.05, 0) is 35.7 Å². The smallest absolute Gasteiger partial charge is 0.241 e. The number of sulfonamides is 1. The molecule has 3 N–H and O–H groups in total. The molecule has 0 saturated carbocycles. The highest BCUT2D eigenvalue weighted by molar-refractivity contribution is 7.89. The summed E-state index contributed by atoms with van der Waals surface area (Å²) in [5.74, 6) is 0. The maximum Gasteiger partial charge on any atom is 0.241 e. The first-order valence-corrected chi connectivity index (χ1v) is 9.08. The molecule has 4 nitrogen and oxygen atoms in total. The first-order chi connectivity index (χ1) is 9.04. The number of thiophene rings is 2. The van der Waals surface area contributed by atoms with Crippen LogP contribution in [0.3, 0.4) is 0 Å². The molecule has 0 spiro atoms. The van der Waals surface area contributed by atoms with E-state index in [1.807, 2.05) is 22.9 Å². The third-order valence-electron chi connectivity index (χ3n) is 2.69. The molecule has 0 atom stereocenters. The first kappa shape index (κ1) is 14.7. The predicted octanol–water partition coefficient (Wildman–Crippen LogP) is 2.10. The van der Waals surface area contributed by atoms with Crippen molar-refractivity contribution in [2.45, 2.75) is 24.8 Å². The van der Waals surface area contributed by atoms with Gasteiger partial charge in [-0.25, -0.2) is 13.1 Å². The Balaban J connectivity index is 2.07. The molecule has 104 valence electrons. The molecule has 19 heavy (non-hydrogen) atoms. The summed E-state index contributed by atoms with van der Waals surface area (Å²) in [7, 11) is -3.46. The molecule has 2 heterocycles.